The first-order valence-corrected chi connectivity index (χ1v) is 8.06. The molecule has 0 fully saturated rings. The molecule has 0 amide bonds. The lowest BCUT2D eigenvalue weighted by molar-refractivity contribution is 0.323. The van der Waals surface area contributed by atoms with Crippen molar-refractivity contribution >= 4 is 34.6 Å². The molecule has 2 N–H and O–H groups in total. The zero-order chi connectivity index (χ0) is 18.4. The zero-order valence-corrected chi connectivity index (χ0v) is 15.6. The van der Waals surface area contributed by atoms with Crippen LogP contribution in [0.5, 0.6) is 17.2 Å². The Hall–Kier alpha value is -2.25. The zero-order valence-electron chi connectivity index (χ0n) is 14.0. The van der Waals surface area contributed by atoms with Gasteiger partial charge in [-0.3, -0.25) is 0 Å². The number of anilines is 1. The molecule has 0 atom stereocenters. The fourth-order valence-corrected chi connectivity index (χ4v) is 2.54. The van der Waals surface area contributed by atoms with Crippen LogP contribution in [0.4, 0.5) is 10.1 Å². The molecule has 0 aliphatic heterocycles. The number of methoxy groups -OCH3 is 3. The molecule has 0 bridgehead atoms. The normalized spacial score (nSPS) is 10.1. The van der Waals surface area contributed by atoms with Crippen LogP contribution in [0.15, 0.2) is 30.3 Å². The molecule has 0 radical (unpaired) electrons. The highest BCUT2D eigenvalue weighted by molar-refractivity contribution is 7.80. The Labute approximate surface area is 156 Å². The molecule has 0 saturated carbocycles. The summed E-state index contributed by atoms with van der Waals surface area (Å²) in [5.74, 6) is 1.16. The van der Waals surface area contributed by atoms with E-state index in [-0.39, 0.29) is 5.02 Å². The summed E-state index contributed by atoms with van der Waals surface area (Å²) in [6.45, 7) is 0.428. The number of halogens is 2. The van der Waals surface area contributed by atoms with Crippen molar-refractivity contribution in [3.05, 3.63) is 46.7 Å². The lowest BCUT2D eigenvalue weighted by atomic mass is 10.2. The summed E-state index contributed by atoms with van der Waals surface area (Å²) in [5, 5.41) is 6.39. The Morgan fingerprint density at radius 2 is 1.72 bits per heavy atom. The van der Waals surface area contributed by atoms with Crippen LogP contribution in [-0.4, -0.2) is 26.4 Å². The van der Waals surface area contributed by atoms with Crippen molar-refractivity contribution in [1.29, 1.82) is 0 Å². The molecule has 0 saturated heterocycles. The first kappa shape index (κ1) is 19.1. The highest BCUT2D eigenvalue weighted by atomic mass is 35.5. The lowest BCUT2D eigenvalue weighted by Gasteiger charge is -2.15. The number of thiocarbonyl (C=S) groups is 1. The van der Waals surface area contributed by atoms with Crippen molar-refractivity contribution in [3.8, 4) is 17.2 Å². The Morgan fingerprint density at radius 1 is 1.08 bits per heavy atom. The number of ether oxygens (including phenoxy) is 3. The Kier molecular flexibility index (Phi) is 6.66. The first-order chi connectivity index (χ1) is 12.0. The fraction of sp³-hybridized carbons (Fsp3) is 0.235. The van der Waals surface area contributed by atoms with Crippen LogP contribution in [0.2, 0.25) is 5.02 Å². The Balaban J connectivity index is 2.04. The van der Waals surface area contributed by atoms with Gasteiger partial charge in [-0.25, -0.2) is 4.39 Å². The molecule has 0 aliphatic rings. The van der Waals surface area contributed by atoms with E-state index in [1.165, 1.54) is 12.1 Å². The van der Waals surface area contributed by atoms with Gasteiger partial charge in [0.05, 0.1) is 26.4 Å². The van der Waals surface area contributed by atoms with Crippen molar-refractivity contribution < 1.29 is 18.6 Å². The third-order valence-corrected chi connectivity index (χ3v) is 3.89. The van der Waals surface area contributed by atoms with Gasteiger partial charge in [-0.1, -0.05) is 11.6 Å². The van der Waals surface area contributed by atoms with E-state index in [9.17, 15) is 4.39 Å². The summed E-state index contributed by atoms with van der Waals surface area (Å²) in [6, 6.07) is 7.93. The highest BCUT2D eigenvalue weighted by Crippen LogP contribution is 2.38. The van der Waals surface area contributed by atoms with Gasteiger partial charge in [0.25, 0.3) is 0 Å². The Bertz CT molecular complexity index is 749. The number of benzene rings is 2. The van der Waals surface area contributed by atoms with Crippen LogP contribution in [-0.2, 0) is 6.54 Å². The van der Waals surface area contributed by atoms with Gasteiger partial charge < -0.3 is 24.8 Å². The topological polar surface area (TPSA) is 51.8 Å². The van der Waals surface area contributed by atoms with Gasteiger partial charge in [0, 0.05) is 12.2 Å². The van der Waals surface area contributed by atoms with Gasteiger partial charge in [-0.2, -0.15) is 0 Å². The third-order valence-electron chi connectivity index (χ3n) is 3.36. The maximum absolute atomic E-state index is 13.2. The maximum atomic E-state index is 13.2. The number of nitrogens with one attached hydrogen (secondary N) is 2. The standard InChI is InChI=1S/C17H18ClFN2O3S/c1-22-14-6-10(7-15(23-2)16(14)24-3)9-20-17(25)21-11-4-5-13(19)12(18)8-11/h4-8H,9H2,1-3H3,(H2,20,21,25). The summed E-state index contributed by atoms with van der Waals surface area (Å²) in [5.41, 5.74) is 1.48. The second kappa shape index (κ2) is 8.73. The fourth-order valence-electron chi connectivity index (χ4n) is 2.17. The summed E-state index contributed by atoms with van der Waals surface area (Å²) in [7, 11) is 4.66. The van der Waals surface area contributed by atoms with E-state index in [4.69, 9.17) is 38.0 Å². The van der Waals surface area contributed by atoms with Crippen molar-refractivity contribution in [2.45, 2.75) is 6.54 Å². The molecule has 5 nitrogen and oxygen atoms in total. The molecule has 8 heteroatoms. The summed E-state index contributed by atoms with van der Waals surface area (Å²) in [4.78, 5) is 0. The van der Waals surface area contributed by atoms with Gasteiger partial charge >= 0.3 is 0 Å². The van der Waals surface area contributed by atoms with E-state index < -0.39 is 5.82 Å². The van der Waals surface area contributed by atoms with E-state index in [1.54, 1.807) is 27.4 Å². The predicted octanol–water partition coefficient (Wildman–Crippen LogP) is 3.99. The SMILES string of the molecule is COc1cc(CNC(=S)Nc2ccc(F)c(Cl)c2)cc(OC)c1OC. The molecule has 0 aliphatic carbocycles. The minimum atomic E-state index is -0.483. The van der Waals surface area contributed by atoms with E-state index >= 15 is 0 Å². The number of hydrogen-bond donors (Lipinski definition) is 2. The van der Waals surface area contributed by atoms with E-state index in [0.717, 1.165) is 5.56 Å². The summed E-state index contributed by atoms with van der Waals surface area (Å²) in [6.07, 6.45) is 0. The van der Waals surface area contributed by atoms with Gasteiger partial charge in [-0.15, -0.1) is 0 Å². The largest absolute Gasteiger partial charge is 0.493 e. The predicted molar refractivity (Wildman–Crippen MR) is 101 cm³/mol. The second-order valence-corrected chi connectivity index (χ2v) is 5.79. The minimum Gasteiger partial charge on any atom is -0.493 e. The van der Waals surface area contributed by atoms with Gasteiger partial charge in [0.1, 0.15) is 5.82 Å². The third kappa shape index (κ3) is 4.87. The average Bonchev–Trinajstić information content (AvgIpc) is 2.62. The van der Waals surface area contributed by atoms with Crippen molar-refractivity contribution in [3.63, 3.8) is 0 Å². The molecule has 134 valence electrons. The van der Waals surface area contributed by atoms with Crippen LogP contribution in [0, 0.1) is 5.82 Å². The van der Waals surface area contributed by atoms with E-state index in [1.807, 2.05) is 12.1 Å². The van der Waals surface area contributed by atoms with Gasteiger partial charge in [0.15, 0.2) is 16.6 Å². The number of rotatable bonds is 6. The van der Waals surface area contributed by atoms with Gasteiger partial charge in [0.2, 0.25) is 5.75 Å². The highest BCUT2D eigenvalue weighted by Gasteiger charge is 2.13. The molecule has 25 heavy (non-hydrogen) atoms. The van der Waals surface area contributed by atoms with Crippen LogP contribution < -0.4 is 24.8 Å². The van der Waals surface area contributed by atoms with Gasteiger partial charge in [-0.05, 0) is 48.1 Å². The van der Waals surface area contributed by atoms with E-state index in [2.05, 4.69) is 10.6 Å². The van der Waals surface area contributed by atoms with Crippen LogP contribution >= 0.6 is 23.8 Å². The molecule has 2 aromatic carbocycles. The first-order valence-electron chi connectivity index (χ1n) is 7.27. The summed E-state index contributed by atoms with van der Waals surface area (Å²) < 4.78 is 29.1. The maximum Gasteiger partial charge on any atom is 0.203 e. The van der Waals surface area contributed by atoms with E-state index in [0.29, 0.717) is 34.6 Å². The van der Waals surface area contributed by atoms with Crippen LogP contribution in [0.1, 0.15) is 5.56 Å². The lowest BCUT2D eigenvalue weighted by Crippen LogP contribution is -2.27. The second-order valence-electron chi connectivity index (χ2n) is 4.97. The van der Waals surface area contributed by atoms with Crippen LogP contribution in [0.25, 0.3) is 0 Å². The van der Waals surface area contributed by atoms with Crippen molar-refractivity contribution in [2.75, 3.05) is 26.6 Å². The van der Waals surface area contributed by atoms with Crippen molar-refractivity contribution in [2.24, 2.45) is 0 Å². The van der Waals surface area contributed by atoms with Crippen molar-refractivity contribution in [1.82, 2.24) is 5.32 Å². The number of hydrogen-bond acceptors (Lipinski definition) is 4. The molecule has 0 aromatic heterocycles. The smallest absolute Gasteiger partial charge is 0.203 e. The molecular weight excluding hydrogens is 367 g/mol. The summed E-state index contributed by atoms with van der Waals surface area (Å²) >= 11 is 11.0. The molecule has 0 spiro atoms. The Morgan fingerprint density at radius 3 is 2.24 bits per heavy atom. The minimum absolute atomic E-state index is 0.0254. The monoisotopic (exact) mass is 384 g/mol. The molecular formula is C17H18ClFN2O3S. The molecule has 2 rings (SSSR count). The quantitative estimate of drug-likeness (QED) is 0.734. The van der Waals surface area contributed by atoms with Crippen LogP contribution in [0.3, 0.4) is 0 Å². The molecule has 2 aromatic rings. The average molecular weight is 385 g/mol. The molecule has 0 unspecified atom stereocenters. The molecule has 0 heterocycles.